The first-order chi connectivity index (χ1) is 13.5. The van der Waals surface area contributed by atoms with Crippen molar-refractivity contribution in [2.75, 3.05) is 0 Å². The minimum atomic E-state index is -0.491. The van der Waals surface area contributed by atoms with E-state index in [1.807, 2.05) is 54.0 Å². The highest BCUT2D eigenvalue weighted by Gasteiger charge is 2.33. The molecule has 6 heteroatoms. The van der Waals surface area contributed by atoms with Crippen LogP contribution in [0.4, 0.5) is 9.18 Å². The molecule has 1 aliphatic rings. The predicted molar refractivity (Wildman–Crippen MR) is 104 cm³/mol. The van der Waals surface area contributed by atoms with Crippen molar-refractivity contribution in [2.24, 2.45) is 0 Å². The Kier molecular flexibility index (Phi) is 4.53. The van der Waals surface area contributed by atoms with Gasteiger partial charge in [-0.3, -0.25) is 9.69 Å². The molecule has 1 fully saturated rings. The van der Waals surface area contributed by atoms with Gasteiger partial charge in [-0.1, -0.05) is 30.3 Å². The number of carbonyl (C=O) groups excluding carboxylic acids is 2. The number of nitrogens with one attached hydrogen (secondary N) is 1. The first kappa shape index (κ1) is 17.7. The zero-order chi connectivity index (χ0) is 19.7. The molecule has 0 saturated carbocycles. The molecular formula is C22H18FN3O2. The SMILES string of the molecule is Cc1ccc(/C=C2\NC(=O)N(Cc3ccc(F)cc3)C2=O)n1-c1ccccc1. The van der Waals surface area contributed by atoms with Gasteiger partial charge >= 0.3 is 6.03 Å². The largest absolute Gasteiger partial charge is 0.329 e. The van der Waals surface area contributed by atoms with E-state index in [1.165, 1.54) is 12.1 Å². The minimum absolute atomic E-state index is 0.0843. The Morgan fingerprint density at radius 1 is 0.964 bits per heavy atom. The van der Waals surface area contributed by atoms with Crippen molar-refractivity contribution < 1.29 is 14.0 Å². The topological polar surface area (TPSA) is 54.3 Å². The van der Waals surface area contributed by atoms with Crippen LogP contribution >= 0.6 is 0 Å². The van der Waals surface area contributed by atoms with Crippen LogP contribution in [0.15, 0.2) is 72.4 Å². The lowest BCUT2D eigenvalue weighted by molar-refractivity contribution is -0.123. The summed E-state index contributed by atoms with van der Waals surface area (Å²) in [5, 5.41) is 2.63. The van der Waals surface area contributed by atoms with Crippen molar-refractivity contribution in [3.63, 3.8) is 0 Å². The third kappa shape index (κ3) is 3.32. The number of benzene rings is 2. The minimum Gasteiger partial charge on any atom is -0.314 e. The summed E-state index contributed by atoms with van der Waals surface area (Å²) in [5.74, 6) is -0.772. The molecule has 1 saturated heterocycles. The number of halogens is 1. The number of aryl methyl sites for hydroxylation is 1. The molecule has 28 heavy (non-hydrogen) atoms. The van der Waals surface area contributed by atoms with Crippen LogP contribution in [0, 0.1) is 12.7 Å². The molecule has 0 radical (unpaired) electrons. The van der Waals surface area contributed by atoms with E-state index in [2.05, 4.69) is 5.32 Å². The normalized spacial score (nSPS) is 15.4. The van der Waals surface area contributed by atoms with E-state index in [4.69, 9.17) is 0 Å². The van der Waals surface area contributed by atoms with Crippen molar-refractivity contribution in [1.82, 2.24) is 14.8 Å². The van der Waals surface area contributed by atoms with E-state index in [9.17, 15) is 14.0 Å². The molecule has 0 unspecified atom stereocenters. The molecule has 5 nitrogen and oxygen atoms in total. The van der Waals surface area contributed by atoms with Gasteiger partial charge < -0.3 is 9.88 Å². The van der Waals surface area contributed by atoms with E-state index in [0.717, 1.165) is 22.0 Å². The number of amides is 3. The Bertz CT molecular complexity index is 1070. The number of nitrogens with zero attached hydrogens (tertiary/aromatic N) is 2. The van der Waals surface area contributed by atoms with Crippen LogP contribution in [0.5, 0.6) is 0 Å². The molecule has 0 bridgehead atoms. The summed E-state index contributed by atoms with van der Waals surface area (Å²) in [5.41, 5.74) is 3.66. The molecule has 1 N–H and O–H groups in total. The summed E-state index contributed by atoms with van der Waals surface area (Å²) in [4.78, 5) is 26.1. The lowest BCUT2D eigenvalue weighted by Crippen LogP contribution is -2.30. The Labute approximate surface area is 161 Å². The van der Waals surface area contributed by atoms with Gasteiger partial charge in [0, 0.05) is 17.1 Å². The lowest BCUT2D eigenvalue weighted by atomic mass is 10.2. The number of carbonyl (C=O) groups is 2. The lowest BCUT2D eigenvalue weighted by Gasteiger charge is -2.12. The van der Waals surface area contributed by atoms with E-state index in [1.54, 1.807) is 18.2 Å². The molecule has 3 aromatic rings. The number of hydrogen-bond donors (Lipinski definition) is 1. The number of aromatic nitrogens is 1. The average Bonchev–Trinajstić information content (AvgIpc) is 3.18. The number of rotatable bonds is 4. The number of urea groups is 1. The van der Waals surface area contributed by atoms with E-state index in [-0.39, 0.29) is 18.1 Å². The van der Waals surface area contributed by atoms with Crippen LogP contribution in [0.1, 0.15) is 17.0 Å². The smallest absolute Gasteiger partial charge is 0.314 e. The van der Waals surface area contributed by atoms with Gasteiger partial charge in [0.25, 0.3) is 5.91 Å². The molecular weight excluding hydrogens is 357 g/mol. The molecule has 140 valence electrons. The fourth-order valence-electron chi connectivity index (χ4n) is 3.24. The second kappa shape index (κ2) is 7.15. The summed E-state index contributed by atoms with van der Waals surface area (Å²) in [6, 6.07) is 18.9. The maximum Gasteiger partial charge on any atom is 0.329 e. The van der Waals surface area contributed by atoms with Crippen LogP contribution in [0.3, 0.4) is 0 Å². The number of imide groups is 1. The summed E-state index contributed by atoms with van der Waals surface area (Å²) in [6.07, 6.45) is 1.67. The number of hydrogen-bond acceptors (Lipinski definition) is 2. The highest BCUT2D eigenvalue weighted by molar-refractivity contribution is 6.13. The van der Waals surface area contributed by atoms with Crippen LogP contribution < -0.4 is 5.32 Å². The van der Waals surface area contributed by atoms with Crippen LogP contribution in [-0.2, 0) is 11.3 Å². The van der Waals surface area contributed by atoms with Gasteiger partial charge in [0.2, 0.25) is 0 Å². The second-order valence-corrected chi connectivity index (χ2v) is 6.58. The third-order valence-electron chi connectivity index (χ3n) is 4.63. The van der Waals surface area contributed by atoms with Crippen LogP contribution in [0.2, 0.25) is 0 Å². The Balaban J connectivity index is 1.62. The molecule has 1 aliphatic heterocycles. The number of para-hydroxylation sites is 1. The molecule has 0 atom stereocenters. The maximum atomic E-state index is 13.1. The first-order valence-electron chi connectivity index (χ1n) is 8.86. The van der Waals surface area contributed by atoms with Crippen molar-refractivity contribution in [3.05, 3.63) is 95.2 Å². The quantitative estimate of drug-likeness (QED) is 0.553. The van der Waals surface area contributed by atoms with Crippen molar-refractivity contribution in [1.29, 1.82) is 0 Å². The van der Waals surface area contributed by atoms with Gasteiger partial charge in [0.05, 0.1) is 6.54 Å². The monoisotopic (exact) mass is 375 g/mol. The molecule has 2 heterocycles. The first-order valence-corrected chi connectivity index (χ1v) is 8.86. The Hall–Kier alpha value is -3.67. The van der Waals surface area contributed by atoms with Crippen molar-refractivity contribution >= 4 is 18.0 Å². The van der Waals surface area contributed by atoms with Gasteiger partial charge in [-0.25, -0.2) is 9.18 Å². The predicted octanol–water partition coefficient (Wildman–Crippen LogP) is 4.02. The van der Waals surface area contributed by atoms with Gasteiger partial charge in [-0.15, -0.1) is 0 Å². The van der Waals surface area contributed by atoms with Crippen LogP contribution in [-0.4, -0.2) is 21.4 Å². The van der Waals surface area contributed by atoms with Gasteiger partial charge in [0.1, 0.15) is 11.5 Å². The summed E-state index contributed by atoms with van der Waals surface area (Å²) in [7, 11) is 0. The fourth-order valence-corrected chi connectivity index (χ4v) is 3.24. The van der Waals surface area contributed by atoms with Crippen molar-refractivity contribution in [2.45, 2.75) is 13.5 Å². The fraction of sp³-hybridized carbons (Fsp3) is 0.0909. The zero-order valence-electron chi connectivity index (χ0n) is 15.2. The summed E-state index contributed by atoms with van der Waals surface area (Å²) >= 11 is 0. The third-order valence-corrected chi connectivity index (χ3v) is 4.63. The van der Waals surface area contributed by atoms with Gasteiger partial charge in [0.15, 0.2) is 0 Å². The Morgan fingerprint density at radius 3 is 2.39 bits per heavy atom. The average molecular weight is 375 g/mol. The summed E-state index contributed by atoms with van der Waals surface area (Å²) < 4.78 is 15.1. The van der Waals surface area contributed by atoms with Gasteiger partial charge in [-0.05, 0) is 55.0 Å². The Morgan fingerprint density at radius 2 is 1.68 bits per heavy atom. The highest BCUT2D eigenvalue weighted by atomic mass is 19.1. The highest BCUT2D eigenvalue weighted by Crippen LogP contribution is 2.21. The molecule has 0 aliphatic carbocycles. The van der Waals surface area contributed by atoms with E-state index in [0.29, 0.717) is 5.56 Å². The van der Waals surface area contributed by atoms with E-state index >= 15 is 0 Å². The standard InChI is InChI=1S/C22H18FN3O2/c1-15-7-12-19(26(15)18-5-3-2-4-6-18)13-20-21(27)25(22(28)24-20)14-16-8-10-17(23)11-9-16/h2-13H,14H2,1H3,(H,24,28)/b20-13-. The second-order valence-electron chi connectivity index (χ2n) is 6.58. The zero-order valence-corrected chi connectivity index (χ0v) is 15.2. The van der Waals surface area contributed by atoms with Crippen LogP contribution in [0.25, 0.3) is 11.8 Å². The molecule has 4 rings (SSSR count). The summed E-state index contributed by atoms with van der Waals surface area (Å²) in [6.45, 7) is 2.06. The molecule has 2 aromatic carbocycles. The maximum absolute atomic E-state index is 13.1. The molecule has 3 amide bonds. The van der Waals surface area contributed by atoms with Crippen molar-refractivity contribution in [3.8, 4) is 5.69 Å². The van der Waals surface area contributed by atoms with Gasteiger partial charge in [-0.2, -0.15) is 0 Å². The molecule has 1 aromatic heterocycles. The van der Waals surface area contributed by atoms with E-state index < -0.39 is 11.9 Å². The molecule has 0 spiro atoms.